The molecule has 2 atom stereocenters. The summed E-state index contributed by atoms with van der Waals surface area (Å²) in [5.74, 6) is 1.31. The van der Waals surface area contributed by atoms with Crippen LogP contribution in [-0.4, -0.2) is 61.7 Å². The van der Waals surface area contributed by atoms with E-state index in [9.17, 15) is 4.79 Å². The Labute approximate surface area is 179 Å². The van der Waals surface area contributed by atoms with Gasteiger partial charge in [-0.25, -0.2) is 0 Å². The van der Waals surface area contributed by atoms with Crippen LogP contribution in [0.15, 0.2) is 54.6 Å². The molecule has 0 radical (unpaired) electrons. The molecule has 1 amide bonds. The molecule has 2 heterocycles. The second-order valence-electron chi connectivity index (χ2n) is 8.53. The lowest BCUT2D eigenvalue weighted by Crippen LogP contribution is -2.33. The monoisotopic (exact) mass is 408 g/mol. The molecule has 30 heavy (non-hydrogen) atoms. The summed E-state index contributed by atoms with van der Waals surface area (Å²) in [6, 6.07) is 18.1. The molecule has 4 rings (SSSR count). The number of amides is 1. The fourth-order valence-electron chi connectivity index (χ4n) is 4.42. The third-order valence-corrected chi connectivity index (χ3v) is 6.04. The molecule has 2 aliphatic rings. The van der Waals surface area contributed by atoms with Crippen LogP contribution in [0.5, 0.6) is 5.75 Å². The molecule has 2 fully saturated rings. The second kappa shape index (κ2) is 10.1. The molecular weight excluding hydrogens is 376 g/mol. The van der Waals surface area contributed by atoms with Crippen LogP contribution in [0.1, 0.15) is 35.2 Å². The van der Waals surface area contributed by atoms with E-state index < -0.39 is 0 Å². The number of hydrogen-bond donors (Lipinski definition) is 0. The van der Waals surface area contributed by atoms with Gasteiger partial charge in [0.1, 0.15) is 12.4 Å². The zero-order valence-electron chi connectivity index (χ0n) is 17.8. The van der Waals surface area contributed by atoms with E-state index in [0.717, 1.165) is 57.8 Å². The molecule has 0 aliphatic carbocycles. The zero-order valence-corrected chi connectivity index (χ0v) is 17.8. The maximum absolute atomic E-state index is 12.9. The van der Waals surface area contributed by atoms with Gasteiger partial charge in [-0.15, -0.1) is 0 Å². The maximum Gasteiger partial charge on any atom is 0.253 e. The van der Waals surface area contributed by atoms with E-state index in [2.05, 4.69) is 35.2 Å². The van der Waals surface area contributed by atoms with Gasteiger partial charge in [-0.1, -0.05) is 36.4 Å². The van der Waals surface area contributed by atoms with Crippen LogP contribution >= 0.6 is 0 Å². The van der Waals surface area contributed by atoms with Crippen molar-refractivity contribution in [1.82, 2.24) is 9.80 Å². The summed E-state index contributed by atoms with van der Waals surface area (Å²) in [6.07, 6.45) is 3.45. The first-order valence-corrected chi connectivity index (χ1v) is 11.0. The molecule has 0 saturated carbocycles. The highest BCUT2D eigenvalue weighted by Crippen LogP contribution is 2.21. The number of hydrogen-bond acceptors (Lipinski definition) is 4. The van der Waals surface area contributed by atoms with Crippen LogP contribution in [0.25, 0.3) is 0 Å². The Balaban J connectivity index is 1.26. The Kier molecular flexibility index (Phi) is 7.03. The molecular formula is C25H32N2O3. The predicted octanol–water partition coefficient (Wildman–Crippen LogP) is 3.84. The SMILES string of the molecule is CN(C[C@@H]1CCN(Cc2ccccc2)C1)C(=O)c1cccc(OC[C@@H]2CCCO2)c1. The summed E-state index contributed by atoms with van der Waals surface area (Å²) < 4.78 is 11.5. The lowest BCUT2D eigenvalue weighted by molar-refractivity contribution is 0.0678. The lowest BCUT2D eigenvalue weighted by atomic mass is 10.1. The van der Waals surface area contributed by atoms with Crippen LogP contribution in [0, 0.1) is 5.92 Å². The first-order chi connectivity index (χ1) is 14.7. The second-order valence-corrected chi connectivity index (χ2v) is 8.53. The molecule has 5 heteroatoms. The number of ether oxygens (including phenoxy) is 2. The van der Waals surface area contributed by atoms with E-state index in [-0.39, 0.29) is 12.0 Å². The van der Waals surface area contributed by atoms with Gasteiger partial charge in [-0.05, 0) is 55.5 Å². The fourth-order valence-corrected chi connectivity index (χ4v) is 4.42. The van der Waals surface area contributed by atoms with Crippen molar-refractivity contribution in [2.45, 2.75) is 31.9 Å². The molecule has 160 valence electrons. The number of benzene rings is 2. The van der Waals surface area contributed by atoms with Crippen molar-refractivity contribution in [2.24, 2.45) is 5.92 Å². The van der Waals surface area contributed by atoms with Gasteiger partial charge < -0.3 is 14.4 Å². The van der Waals surface area contributed by atoms with E-state index in [0.29, 0.717) is 18.1 Å². The van der Waals surface area contributed by atoms with Gasteiger partial charge in [0.25, 0.3) is 5.91 Å². The maximum atomic E-state index is 12.9. The largest absolute Gasteiger partial charge is 0.491 e. The van der Waals surface area contributed by atoms with Crippen LogP contribution in [-0.2, 0) is 11.3 Å². The molecule has 2 saturated heterocycles. The van der Waals surface area contributed by atoms with Crippen LogP contribution < -0.4 is 4.74 Å². The summed E-state index contributed by atoms with van der Waals surface area (Å²) >= 11 is 0. The third kappa shape index (κ3) is 5.61. The van der Waals surface area contributed by atoms with Crippen molar-refractivity contribution in [2.75, 3.05) is 39.9 Å². The number of carbonyl (C=O) groups is 1. The molecule has 0 unspecified atom stereocenters. The molecule has 5 nitrogen and oxygen atoms in total. The average Bonchev–Trinajstić information content (AvgIpc) is 3.45. The van der Waals surface area contributed by atoms with Crippen LogP contribution in [0.3, 0.4) is 0 Å². The molecule has 2 aliphatic heterocycles. The van der Waals surface area contributed by atoms with Gasteiger partial charge in [0.15, 0.2) is 0 Å². The van der Waals surface area contributed by atoms with Gasteiger partial charge in [0.05, 0.1) is 6.10 Å². The van der Waals surface area contributed by atoms with Crippen molar-refractivity contribution >= 4 is 5.91 Å². The Hall–Kier alpha value is -2.37. The highest BCUT2D eigenvalue weighted by Gasteiger charge is 2.25. The van der Waals surface area contributed by atoms with Crippen LogP contribution in [0.2, 0.25) is 0 Å². The predicted molar refractivity (Wildman–Crippen MR) is 118 cm³/mol. The van der Waals surface area contributed by atoms with E-state index in [1.54, 1.807) is 0 Å². The Bertz CT molecular complexity index is 820. The van der Waals surface area contributed by atoms with Crippen molar-refractivity contribution in [1.29, 1.82) is 0 Å². The highest BCUT2D eigenvalue weighted by molar-refractivity contribution is 5.94. The van der Waals surface area contributed by atoms with E-state index >= 15 is 0 Å². The minimum absolute atomic E-state index is 0.0547. The highest BCUT2D eigenvalue weighted by atomic mass is 16.5. The summed E-state index contributed by atoms with van der Waals surface area (Å²) in [7, 11) is 1.90. The summed E-state index contributed by atoms with van der Waals surface area (Å²) in [5.41, 5.74) is 2.03. The smallest absolute Gasteiger partial charge is 0.253 e. The molecule has 0 spiro atoms. The van der Waals surface area contributed by atoms with Gasteiger partial charge in [-0.2, -0.15) is 0 Å². The first kappa shape index (κ1) is 20.9. The molecule has 0 aromatic heterocycles. The normalized spacial score (nSPS) is 21.6. The minimum Gasteiger partial charge on any atom is -0.491 e. The van der Waals surface area contributed by atoms with Gasteiger partial charge in [-0.3, -0.25) is 9.69 Å². The quantitative estimate of drug-likeness (QED) is 0.666. The van der Waals surface area contributed by atoms with E-state index in [4.69, 9.17) is 9.47 Å². The first-order valence-electron chi connectivity index (χ1n) is 11.0. The fraction of sp³-hybridized carbons (Fsp3) is 0.480. The Morgan fingerprint density at radius 2 is 2.03 bits per heavy atom. The Morgan fingerprint density at radius 3 is 2.83 bits per heavy atom. The average molecular weight is 409 g/mol. The molecule has 0 N–H and O–H groups in total. The van der Waals surface area contributed by atoms with Gasteiger partial charge in [0, 0.05) is 38.9 Å². The Morgan fingerprint density at radius 1 is 1.17 bits per heavy atom. The van der Waals surface area contributed by atoms with E-state index in [1.165, 1.54) is 5.56 Å². The van der Waals surface area contributed by atoms with Crippen molar-refractivity contribution in [3.63, 3.8) is 0 Å². The van der Waals surface area contributed by atoms with Gasteiger partial charge >= 0.3 is 0 Å². The zero-order chi connectivity index (χ0) is 20.8. The summed E-state index contributed by atoms with van der Waals surface area (Å²) in [4.78, 5) is 17.3. The van der Waals surface area contributed by atoms with Crippen molar-refractivity contribution in [3.8, 4) is 5.75 Å². The van der Waals surface area contributed by atoms with E-state index in [1.807, 2.05) is 36.2 Å². The summed E-state index contributed by atoms with van der Waals surface area (Å²) in [5, 5.41) is 0. The number of likely N-dealkylation sites (tertiary alicyclic amines) is 1. The number of carbonyl (C=O) groups excluding carboxylic acids is 1. The van der Waals surface area contributed by atoms with Crippen LogP contribution in [0.4, 0.5) is 0 Å². The molecule has 0 bridgehead atoms. The topological polar surface area (TPSA) is 42.0 Å². The lowest BCUT2D eigenvalue weighted by Gasteiger charge is -2.22. The minimum atomic E-state index is 0.0547. The van der Waals surface area contributed by atoms with Gasteiger partial charge in [0.2, 0.25) is 0 Å². The summed E-state index contributed by atoms with van der Waals surface area (Å²) in [6.45, 7) is 5.27. The molecule has 2 aromatic rings. The number of nitrogens with zero attached hydrogens (tertiary/aromatic N) is 2. The number of rotatable bonds is 8. The third-order valence-electron chi connectivity index (χ3n) is 6.04. The van der Waals surface area contributed by atoms with Crippen molar-refractivity contribution in [3.05, 3.63) is 65.7 Å². The molecule has 2 aromatic carbocycles. The standard InChI is InChI=1S/C25H32N2O3/c1-26(16-21-12-13-27(18-21)17-20-7-3-2-4-8-20)25(28)22-9-5-10-23(15-22)30-19-24-11-6-14-29-24/h2-5,7-10,15,21,24H,6,11-14,16-19H2,1H3/t21-,24-/m0/s1. The van der Waals surface area contributed by atoms with Crippen molar-refractivity contribution < 1.29 is 14.3 Å².